The SMILES string of the molecule is CC(=O)C(C)C1(O)CCCCC1. The van der Waals surface area contributed by atoms with E-state index < -0.39 is 5.60 Å². The fraction of sp³-hybridized carbons (Fsp3) is 0.900. The van der Waals surface area contributed by atoms with Crippen molar-refractivity contribution in [3.05, 3.63) is 0 Å². The smallest absolute Gasteiger partial charge is 0.135 e. The van der Waals surface area contributed by atoms with Gasteiger partial charge in [0.2, 0.25) is 0 Å². The molecule has 0 aromatic carbocycles. The van der Waals surface area contributed by atoms with E-state index >= 15 is 0 Å². The summed E-state index contributed by atoms with van der Waals surface area (Å²) in [7, 11) is 0. The molecule has 0 spiro atoms. The van der Waals surface area contributed by atoms with Crippen molar-refractivity contribution in [3.8, 4) is 0 Å². The number of hydrogen-bond acceptors (Lipinski definition) is 2. The molecule has 2 heteroatoms. The molecule has 0 amide bonds. The standard InChI is InChI=1S/C10H18O2/c1-8(9(2)11)10(12)6-4-3-5-7-10/h8,12H,3-7H2,1-2H3. The second-order valence-corrected chi connectivity index (χ2v) is 4.00. The van der Waals surface area contributed by atoms with Gasteiger partial charge in [0, 0.05) is 5.92 Å². The van der Waals surface area contributed by atoms with Gasteiger partial charge in [-0.1, -0.05) is 26.2 Å². The van der Waals surface area contributed by atoms with Crippen LogP contribution in [0.4, 0.5) is 0 Å². The highest BCUT2D eigenvalue weighted by Gasteiger charge is 2.37. The zero-order chi connectivity index (χ0) is 9.19. The summed E-state index contributed by atoms with van der Waals surface area (Å²) >= 11 is 0. The van der Waals surface area contributed by atoms with E-state index in [4.69, 9.17) is 0 Å². The van der Waals surface area contributed by atoms with Crippen LogP contribution in [-0.4, -0.2) is 16.5 Å². The van der Waals surface area contributed by atoms with Crippen molar-refractivity contribution in [2.24, 2.45) is 5.92 Å². The third-order valence-electron chi connectivity index (χ3n) is 3.14. The molecule has 0 aromatic rings. The van der Waals surface area contributed by atoms with Crippen molar-refractivity contribution in [2.45, 2.75) is 51.6 Å². The fourth-order valence-corrected chi connectivity index (χ4v) is 1.98. The number of aliphatic hydroxyl groups is 1. The monoisotopic (exact) mass is 170 g/mol. The van der Waals surface area contributed by atoms with Crippen LogP contribution < -0.4 is 0 Å². The summed E-state index contributed by atoms with van der Waals surface area (Å²) in [4.78, 5) is 11.1. The van der Waals surface area contributed by atoms with E-state index in [0.29, 0.717) is 0 Å². The van der Waals surface area contributed by atoms with Crippen LogP contribution >= 0.6 is 0 Å². The molecule has 1 fully saturated rings. The van der Waals surface area contributed by atoms with E-state index in [1.165, 1.54) is 6.42 Å². The van der Waals surface area contributed by atoms with Crippen LogP contribution in [0.3, 0.4) is 0 Å². The molecule has 1 rings (SSSR count). The van der Waals surface area contributed by atoms with Crippen molar-refractivity contribution >= 4 is 5.78 Å². The zero-order valence-corrected chi connectivity index (χ0v) is 7.97. The quantitative estimate of drug-likeness (QED) is 0.687. The molecule has 1 saturated carbocycles. The Bertz CT molecular complexity index is 169. The van der Waals surface area contributed by atoms with Crippen LogP contribution in [0.1, 0.15) is 46.0 Å². The Balaban J connectivity index is 2.62. The molecular weight excluding hydrogens is 152 g/mol. The lowest BCUT2D eigenvalue weighted by Crippen LogP contribution is -2.41. The van der Waals surface area contributed by atoms with Gasteiger partial charge in [0.05, 0.1) is 5.60 Å². The van der Waals surface area contributed by atoms with Crippen molar-refractivity contribution < 1.29 is 9.90 Å². The Hall–Kier alpha value is -0.370. The highest BCUT2D eigenvalue weighted by atomic mass is 16.3. The summed E-state index contributed by atoms with van der Waals surface area (Å²) in [5.41, 5.74) is -0.690. The van der Waals surface area contributed by atoms with Crippen molar-refractivity contribution in [3.63, 3.8) is 0 Å². The van der Waals surface area contributed by atoms with Gasteiger partial charge >= 0.3 is 0 Å². The van der Waals surface area contributed by atoms with Gasteiger partial charge in [-0.3, -0.25) is 4.79 Å². The summed E-state index contributed by atoms with van der Waals surface area (Å²) in [5, 5.41) is 10.1. The number of carbonyl (C=O) groups excluding carboxylic acids is 1. The van der Waals surface area contributed by atoms with Crippen LogP contribution in [0.2, 0.25) is 0 Å². The molecule has 1 atom stereocenters. The van der Waals surface area contributed by atoms with Crippen LogP contribution in [0.15, 0.2) is 0 Å². The van der Waals surface area contributed by atoms with Gasteiger partial charge in [0.1, 0.15) is 5.78 Å². The molecule has 0 saturated heterocycles. The second-order valence-electron chi connectivity index (χ2n) is 4.00. The van der Waals surface area contributed by atoms with E-state index in [1.807, 2.05) is 6.92 Å². The van der Waals surface area contributed by atoms with E-state index in [9.17, 15) is 9.90 Å². The first-order valence-corrected chi connectivity index (χ1v) is 4.79. The molecule has 1 aliphatic carbocycles. The Labute approximate surface area is 74.0 Å². The van der Waals surface area contributed by atoms with E-state index in [2.05, 4.69) is 0 Å². The fourth-order valence-electron chi connectivity index (χ4n) is 1.98. The molecule has 0 aliphatic heterocycles. The minimum atomic E-state index is -0.690. The topological polar surface area (TPSA) is 37.3 Å². The molecule has 0 aromatic heterocycles. The Morgan fingerprint density at radius 3 is 2.25 bits per heavy atom. The maximum atomic E-state index is 11.1. The number of Topliss-reactive ketones (excluding diaryl/α,β-unsaturated/α-hetero) is 1. The molecule has 12 heavy (non-hydrogen) atoms. The van der Waals surface area contributed by atoms with Crippen LogP contribution in [0.5, 0.6) is 0 Å². The molecule has 2 nitrogen and oxygen atoms in total. The van der Waals surface area contributed by atoms with Gasteiger partial charge in [-0.25, -0.2) is 0 Å². The number of rotatable bonds is 2. The highest BCUT2D eigenvalue weighted by molar-refractivity contribution is 5.79. The van der Waals surface area contributed by atoms with Crippen LogP contribution in [0, 0.1) is 5.92 Å². The summed E-state index contributed by atoms with van der Waals surface area (Å²) in [6, 6.07) is 0. The molecule has 0 bridgehead atoms. The van der Waals surface area contributed by atoms with Gasteiger partial charge in [-0.05, 0) is 19.8 Å². The summed E-state index contributed by atoms with van der Waals surface area (Å²) in [5.74, 6) is -0.0720. The minimum absolute atomic E-state index is 0.111. The first-order valence-electron chi connectivity index (χ1n) is 4.79. The van der Waals surface area contributed by atoms with Crippen molar-refractivity contribution in [2.75, 3.05) is 0 Å². The van der Waals surface area contributed by atoms with Crippen molar-refractivity contribution in [1.29, 1.82) is 0 Å². The lowest BCUT2D eigenvalue weighted by Gasteiger charge is -2.36. The third-order valence-corrected chi connectivity index (χ3v) is 3.14. The van der Waals surface area contributed by atoms with Crippen molar-refractivity contribution in [1.82, 2.24) is 0 Å². The summed E-state index contributed by atoms with van der Waals surface area (Å²) in [6.07, 6.45) is 4.93. The summed E-state index contributed by atoms with van der Waals surface area (Å²) in [6.45, 7) is 3.41. The largest absolute Gasteiger partial charge is 0.389 e. The third kappa shape index (κ3) is 1.86. The predicted octanol–water partition coefficient (Wildman–Crippen LogP) is 1.91. The number of hydrogen-bond donors (Lipinski definition) is 1. The molecule has 0 radical (unpaired) electrons. The average molecular weight is 170 g/mol. The van der Waals surface area contributed by atoms with Gasteiger partial charge in [0.25, 0.3) is 0 Å². The second kappa shape index (κ2) is 3.56. The lowest BCUT2D eigenvalue weighted by atomic mass is 9.75. The molecule has 0 heterocycles. The predicted molar refractivity (Wildman–Crippen MR) is 47.9 cm³/mol. The van der Waals surface area contributed by atoms with Gasteiger partial charge in [-0.2, -0.15) is 0 Å². The van der Waals surface area contributed by atoms with E-state index in [1.54, 1.807) is 6.92 Å². The number of ketones is 1. The lowest BCUT2D eigenvalue weighted by molar-refractivity contribution is -0.131. The maximum absolute atomic E-state index is 11.1. The van der Waals surface area contributed by atoms with Crippen LogP contribution in [0.25, 0.3) is 0 Å². The van der Waals surface area contributed by atoms with Gasteiger partial charge in [-0.15, -0.1) is 0 Å². The molecular formula is C10H18O2. The van der Waals surface area contributed by atoms with E-state index in [-0.39, 0.29) is 11.7 Å². The Morgan fingerprint density at radius 2 is 1.83 bits per heavy atom. The molecule has 1 N–H and O–H groups in total. The highest BCUT2D eigenvalue weighted by Crippen LogP contribution is 2.34. The normalized spacial score (nSPS) is 24.9. The zero-order valence-electron chi connectivity index (χ0n) is 7.97. The average Bonchev–Trinajstić information content (AvgIpc) is 2.04. The minimum Gasteiger partial charge on any atom is -0.389 e. The maximum Gasteiger partial charge on any atom is 0.135 e. The Morgan fingerprint density at radius 1 is 1.33 bits per heavy atom. The van der Waals surface area contributed by atoms with Gasteiger partial charge in [0.15, 0.2) is 0 Å². The molecule has 70 valence electrons. The van der Waals surface area contributed by atoms with Gasteiger partial charge < -0.3 is 5.11 Å². The Kier molecular flexibility index (Phi) is 2.89. The first-order chi connectivity index (χ1) is 5.56. The summed E-state index contributed by atoms with van der Waals surface area (Å²) < 4.78 is 0. The molecule has 1 aliphatic rings. The molecule has 1 unspecified atom stereocenters. The number of carbonyl (C=O) groups is 1. The van der Waals surface area contributed by atoms with E-state index in [0.717, 1.165) is 25.7 Å². The first kappa shape index (κ1) is 9.72. The van der Waals surface area contributed by atoms with Crippen LogP contribution in [-0.2, 0) is 4.79 Å².